The largest absolute Gasteiger partial charge is 0.497 e. The molecule has 1 aliphatic rings. The summed E-state index contributed by atoms with van der Waals surface area (Å²) in [5.41, 5.74) is 6.63. The van der Waals surface area contributed by atoms with Gasteiger partial charge in [-0.05, 0) is 95.5 Å². The van der Waals surface area contributed by atoms with Gasteiger partial charge in [-0.2, -0.15) is 0 Å². The van der Waals surface area contributed by atoms with Crippen LogP contribution < -0.4 is 9.47 Å². The molecule has 4 nitrogen and oxygen atoms in total. The maximum Gasteiger partial charge on any atom is 0.335 e. The van der Waals surface area contributed by atoms with Crippen molar-refractivity contribution >= 4 is 11.5 Å². The third kappa shape index (κ3) is 4.67. The molecule has 0 spiro atoms. The van der Waals surface area contributed by atoms with Gasteiger partial charge in [-0.15, -0.1) is 0 Å². The summed E-state index contributed by atoms with van der Waals surface area (Å²) in [6, 6.07) is 15.9. The number of fused-ring (bicyclic) bond motifs is 1. The van der Waals surface area contributed by atoms with E-state index in [0.717, 1.165) is 39.3 Å². The Morgan fingerprint density at radius 2 is 1.62 bits per heavy atom. The molecule has 0 radical (unpaired) electrons. The topological polar surface area (TPSA) is 55.8 Å². The number of benzene rings is 3. The van der Waals surface area contributed by atoms with Gasteiger partial charge in [0.2, 0.25) is 0 Å². The number of ether oxygens (including phenoxy) is 2. The molecule has 164 valence electrons. The molecule has 0 amide bonds. The number of carbonyl (C=O) groups is 1. The van der Waals surface area contributed by atoms with Crippen molar-refractivity contribution in [1.82, 2.24) is 0 Å². The molecule has 4 rings (SSSR count). The van der Waals surface area contributed by atoms with Crippen LogP contribution >= 0.6 is 0 Å². The highest BCUT2D eigenvalue weighted by molar-refractivity contribution is 5.87. The van der Waals surface area contributed by atoms with Crippen LogP contribution in [0.3, 0.4) is 0 Å². The van der Waals surface area contributed by atoms with Crippen LogP contribution in [-0.4, -0.2) is 25.3 Å². The Morgan fingerprint density at radius 3 is 2.25 bits per heavy atom. The summed E-state index contributed by atoms with van der Waals surface area (Å²) in [6.45, 7) is 0. The maximum atomic E-state index is 14.3. The van der Waals surface area contributed by atoms with E-state index in [1.165, 1.54) is 5.57 Å². The van der Waals surface area contributed by atoms with Gasteiger partial charge in [0.15, 0.2) is 0 Å². The molecule has 0 saturated heterocycles. The lowest BCUT2D eigenvalue weighted by atomic mass is 9.91. The predicted octanol–water partition coefficient (Wildman–Crippen LogP) is 5.51. The van der Waals surface area contributed by atoms with Crippen LogP contribution in [0.4, 0.5) is 4.39 Å². The summed E-state index contributed by atoms with van der Waals surface area (Å²) in [7, 11) is 3.26. The second kappa shape index (κ2) is 9.27. The fraction of sp³-hybridized carbons (Fsp3) is 0.222. The summed E-state index contributed by atoms with van der Waals surface area (Å²) < 4.78 is 25.1. The number of hydrogen-bond donors (Lipinski definition) is 1. The Balaban J connectivity index is 1.58. The predicted molar refractivity (Wildman–Crippen MR) is 122 cm³/mol. The fourth-order valence-corrected chi connectivity index (χ4v) is 4.27. The van der Waals surface area contributed by atoms with Gasteiger partial charge in [-0.3, -0.25) is 0 Å². The first kappa shape index (κ1) is 21.6. The molecule has 32 heavy (non-hydrogen) atoms. The van der Waals surface area contributed by atoms with E-state index in [2.05, 4.69) is 6.08 Å². The second-order valence-electron chi connectivity index (χ2n) is 7.93. The van der Waals surface area contributed by atoms with Crippen molar-refractivity contribution in [2.45, 2.75) is 25.7 Å². The zero-order valence-corrected chi connectivity index (χ0v) is 18.2. The van der Waals surface area contributed by atoms with E-state index in [9.17, 15) is 9.18 Å². The molecule has 3 aromatic rings. The summed E-state index contributed by atoms with van der Waals surface area (Å²) in [5, 5.41) is 9.07. The van der Waals surface area contributed by atoms with Gasteiger partial charge >= 0.3 is 5.97 Å². The third-order valence-corrected chi connectivity index (χ3v) is 5.85. The number of halogens is 1. The van der Waals surface area contributed by atoms with Gasteiger partial charge in [-0.25, -0.2) is 9.18 Å². The number of hydrogen-bond acceptors (Lipinski definition) is 3. The number of rotatable bonds is 8. The zero-order chi connectivity index (χ0) is 22.7. The molecule has 5 heteroatoms. The van der Waals surface area contributed by atoms with E-state index in [1.807, 2.05) is 30.3 Å². The van der Waals surface area contributed by atoms with Crippen molar-refractivity contribution in [2.24, 2.45) is 0 Å². The first-order valence-electron chi connectivity index (χ1n) is 10.5. The van der Waals surface area contributed by atoms with Crippen molar-refractivity contribution in [3.8, 4) is 11.5 Å². The molecule has 0 saturated carbocycles. The highest BCUT2D eigenvalue weighted by atomic mass is 19.1. The van der Waals surface area contributed by atoms with E-state index in [4.69, 9.17) is 14.6 Å². The van der Waals surface area contributed by atoms with Gasteiger partial charge in [0.1, 0.15) is 17.3 Å². The van der Waals surface area contributed by atoms with Crippen LogP contribution in [0.25, 0.3) is 5.57 Å². The molecular weight excluding hydrogens is 407 g/mol. The standard InChI is InChI=1S/C27H25FO4/c1-31-24-12-18(13-25(16-24)32-2)11-20-9-10-22-15-23(28)14-21(26(20)22)8-5-17-3-6-19(7-4-17)27(29)30/h3-4,6-7,9,12-16H,5,8,10-11H2,1-2H3,(H,29,30). The number of carboxylic acid groups (broad SMARTS) is 1. The first-order chi connectivity index (χ1) is 15.5. The van der Waals surface area contributed by atoms with Crippen molar-refractivity contribution < 1.29 is 23.8 Å². The fourth-order valence-electron chi connectivity index (χ4n) is 4.27. The monoisotopic (exact) mass is 432 g/mol. The number of methoxy groups -OCH3 is 2. The molecular formula is C27H25FO4. The Kier molecular flexibility index (Phi) is 6.26. The van der Waals surface area contributed by atoms with E-state index >= 15 is 0 Å². The smallest absolute Gasteiger partial charge is 0.335 e. The van der Waals surface area contributed by atoms with Crippen molar-refractivity contribution in [1.29, 1.82) is 0 Å². The quantitative estimate of drug-likeness (QED) is 0.510. The minimum absolute atomic E-state index is 0.224. The van der Waals surface area contributed by atoms with Crippen molar-refractivity contribution in [2.75, 3.05) is 14.2 Å². The van der Waals surface area contributed by atoms with E-state index in [-0.39, 0.29) is 11.4 Å². The van der Waals surface area contributed by atoms with Gasteiger partial charge in [0, 0.05) is 6.07 Å². The number of aryl methyl sites for hydroxylation is 2. The van der Waals surface area contributed by atoms with Gasteiger partial charge in [0.25, 0.3) is 0 Å². The van der Waals surface area contributed by atoms with Crippen LogP contribution in [0.1, 0.15) is 38.2 Å². The zero-order valence-electron chi connectivity index (χ0n) is 18.2. The molecule has 0 heterocycles. The summed E-state index contributed by atoms with van der Waals surface area (Å²) in [5.74, 6) is 0.311. The van der Waals surface area contributed by atoms with E-state index in [0.29, 0.717) is 25.7 Å². The Morgan fingerprint density at radius 1 is 0.938 bits per heavy atom. The maximum absolute atomic E-state index is 14.3. The summed E-state index contributed by atoms with van der Waals surface area (Å²) >= 11 is 0. The number of allylic oxidation sites excluding steroid dienone is 2. The Hall–Kier alpha value is -3.60. The molecule has 1 N–H and O–H groups in total. The summed E-state index contributed by atoms with van der Waals surface area (Å²) in [6.07, 6.45) is 4.96. The lowest BCUT2D eigenvalue weighted by molar-refractivity contribution is 0.0697. The molecule has 0 atom stereocenters. The van der Waals surface area contributed by atoms with Crippen LogP contribution in [0.5, 0.6) is 11.5 Å². The highest BCUT2D eigenvalue weighted by Gasteiger charge is 2.20. The van der Waals surface area contributed by atoms with Crippen LogP contribution in [0, 0.1) is 5.82 Å². The van der Waals surface area contributed by atoms with E-state index < -0.39 is 5.97 Å². The molecule has 0 aromatic heterocycles. The average molecular weight is 432 g/mol. The van der Waals surface area contributed by atoms with Gasteiger partial charge < -0.3 is 14.6 Å². The lowest BCUT2D eigenvalue weighted by Crippen LogP contribution is -2.02. The molecule has 1 aliphatic carbocycles. The summed E-state index contributed by atoms with van der Waals surface area (Å²) in [4.78, 5) is 11.1. The van der Waals surface area contributed by atoms with Crippen LogP contribution in [-0.2, 0) is 25.7 Å². The average Bonchev–Trinajstić information content (AvgIpc) is 3.19. The first-order valence-corrected chi connectivity index (χ1v) is 10.5. The van der Waals surface area contributed by atoms with Crippen molar-refractivity contribution in [3.63, 3.8) is 0 Å². The molecule has 0 aliphatic heterocycles. The number of aromatic carboxylic acids is 1. The lowest BCUT2D eigenvalue weighted by Gasteiger charge is -2.15. The second-order valence-corrected chi connectivity index (χ2v) is 7.93. The molecule has 3 aromatic carbocycles. The number of carboxylic acids is 1. The Bertz CT molecular complexity index is 1160. The SMILES string of the molecule is COc1cc(CC2=CCc3cc(F)cc(CCc4ccc(C(=O)O)cc4)c32)cc(OC)c1. The van der Waals surface area contributed by atoms with Crippen molar-refractivity contribution in [3.05, 3.63) is 99.9 Å². The van der Waals surface area contributed by atoms with Crippen LogP contribution in [0.15, 0.2) is 60.7 Å². The third-order valence-electron chi connectivity index (χ3n) is 5.85. The van der Waals surface area contributed by atoms with Gasteiger partial charge in [0.05, 0.1) is 19.8 Å². The molecule has 0 bridgehead atoms. The normalized spacial score (nSPS) is 12.3. The van der Waals surface area contributed by atoms with E-state index in [1.54, 1.807) is 38.5 Å². The van der Waals surface area contributed by atoms with Crippen LogP contribution in [0.2, 0.25) is 0 Å². The van der Waals surface area contributed by atoms with Gasteiger partial charge in [-0.1, -0.05) is 18.2 Å². The minimum Gasteiger partial charge on any atom is -0.497 e. The molecule has 0 fully saturated rings. The minimum atomic E-state index is -0.941. The highest BCUT2D eigenvalue weighted by Crippen LogP contribution is 2.36. The Labute approximate surface area is 186 Å². The molecule has 0 unspecified atom stereocenters.